The summed E-state index contributed by atoms with van der Waals surface area (Å²) in [7, 11) is 0. The molecule has 0 atom stereocenters. The second-order valence-corrected chi connectivity index (χ2v) is 16.4. The lowest BCUT2D eigenvalue weighted by Gasteiger charge is -2.45. The highest BCUT2D eigenvalue weighted by molar-refractivity contribution is 7.01. The molecule has 12 rings (SSSR count). The first-order valence-electron chi connectivity index (χ1n) is 21.8. The summed E-state index contributed by atoms with van der Waals surface area (Å²) in [6.45, 7) is -0.0768. The van der Waals surface area contributed by atoms with Crippen LogP contribution >= 0.6 is 0 Å². The number of para-hydroxylation sites is 1. The van der Waals surface area contributed by atoms with Gasteiger partial charge in [0.05, 0.1) is 0 Å². The first kappa shape index (κ1) is 36.7. The average molecular weight is 801 g/mol. The van der Waals surface area contributed by atoms with Crippen LogP contribution in [-0.4, -0.2) is 6.71 Å². The summed E-state index contributed by atoms with van der Waals surface area (Å²) in [6.07, 6.45) is 0. The lowest BCUT2D eigenvalue weighted by molar-refractivity contribution is 1.25. The maximum Gasteiger partial charge on any atom is 0.252 e. The average Bonchev–Trinajstić information content (AvgIpc) is 3.37. The Bertz CT molecular complexity index is 3280. The molecule has 63 heavy (non-hydrogen) atoms. The summed E-state index contributed by atoms with van der Waals surface area (Å²) in [4.78, 5) is 5.11. The number of anilines is 6. The lowest BCUT2D eigenvalue weighted by Crippen LogP contribution is -2.62. The Morgan fingerprint density at radius 2 is 0.667 bits per heavy atom. The number of rotatable bonds is 7. The number of hydrogen-bond acceptors (Lipinski definition) is 2. The molecule has 0 bridgehead atoms. The summed E-state index contributed by atoms with van der Waals surface area (Å²) in [5.41, 5.74) is 22.8. The van der Waals surface area contributed by atoms with E-state index < -0.39 is 0 Å². The van der Waals surface area contributed by atoms with Crippen molar-refractivity contribution in [3.05, 3.63) is 249 Å². The van der Waals surface area contributed by atoms with Crippen LogP contribution in [0, 0.1) is 0 Å². The molecule has 294 valence electrons. The number of nitrogens with zero attached hydrogens (tertiary/aromatic N) is 2. The molecule has 0 aromatic heterocycles. The van der Waals surface area contributed by atoms with Crippen LogP contribution in [0.1, 0.15) is 0 Å². The van der Waals surface area contributed by atoms with E-state index in [9.17, 15) is 0 Å². The summed E-state index contributed by atoms with van der Waals surface area (Å²) in [5, 5.41) is 0. The van der Waals surface area contributed by atoms with Crippen molar-refractivity contribution >= 4 is 57.2 Å². The van der Waals surface area contributed by atoms with Crippen LogP contribution in [0.15, 0.2) is 249 Å². The van der Waals surface area contributed by atoms with Crippen molar-refractivity contribution < 1.29 is 0 Å². The summed E-state index contributed by atoms with van der Waals surface area (Å²) < 4.78 is 0. The molecule has 0 amide bonds. The third-order valence-electron chi connectivity index (χ3n) is 12.8. The van der Waals surface area contributed by atoms with Crippen molar-refractivity contribution in [1.82, 2.24) is 0 Å². The van der Waals surface area contributed by atoms with Crippen molar-refractivity contribution in [3.8, 4) is 55.6 Å². The second kappa shape index (κ2) is 15.4. The monoisotopic (exact) mass is 800 g/mol. The Labute approximate surface area is 369 Å². The number of benzene rings is 10. The summed E-state index contributed by atoms with van der Waals surface area (Å²) in [5.74, 6) is 0. The molecule has 0 spiro atoms. The van der Waals surface area contributed by atoms with Gasteiger partial charge in [-0.25, -0.2) is 0 Å². The third kappa shape index (κ3) is 6.28. The van der Waals surface area contributed by atoms with Gasteiger partial charge in [0.2, 0.25) is 0 Å². The van der Waals surface area contributed by atoms with Crippen LogP contribution in [0.3, 0.4) is 0 Å². The van der Waals surface area contributed by atoms with Gasteiger partial charge in [-0.05, 0) is 109 Å². The molecule has 2 heterocycles. The Morgan fingerprint density at radius 1 is 0.254 bits per heavy atom. The van der Waals surface area contributed by atoms with Crippen LogP contribution in [0.25, 0.3) is 55.6 Å². The Balaban J connectivity index is 1.22. The minimum absolute atomic E-state index is 0.0768. The van der Waals surface area contributed by atoms with Gasteiger partial charge in [-0.3, -0.25) is 0 Å². The zero-order chi connectivity index (χ0) is 41.7. The highest BCUT2D eigenvalue weighted by Crippen LogP contribution is 2.49. The lowest BCUT2D eigenvalue weighted by atomic mass is 9.32. The van der Waals surface area contributed by atoms with Crippen LogP contribution < -0.4 is 26.2 Å². The molecule has 0 radical (unpaired) electrons. The maximum absolute atomic E-state index is 2.57. The van der Waals surface area contributed by atoms with Gasteiger partial charge in [0.15, 0.2) is 0 Å². The van der Waals surface area contributed by atoms with Crippen LogP contribution in [-0.2, 0) is 0 Å². The molecule has 10 aromatic carbocycles. The molecular formula is C60H41BN2. The van der Waals surface area contributed by atoms with Gasteiger partial charge in [0.1, 0.15) is 0 Å². The fourth-order valence-corrected chi connectivity index (χ4v) is 10.1. The molecule has 0 aliphatic carbocycles. The summed E-state index contributed by atoms with van der Waals surface area (Å²) in [6, 6.07) is 91.2. The topological polar surface area (TPSA) is 6.48 Å². The van der Waals surface area contributed by atoms with E-state index in [4.69, 9.17) is 0 Å². The zero-order valence-electron chi connectivity index (χ0n) is 34.6. The van der Waals surface area contributed by atoms with Crippen molar-refractivity contribution in [1.29, 1.82) is 0 Å². The van der Waals surface area contributed by atoms with Crippen LogP contribution in [0.4, 0.5) is 34.1 Å². The van der Waals surface area contributed by atoms with Gasteiger partial charge in [0, 0.05) is 39.7 Å². The fraction of sp³-hybridized carbons (Fsp3) is 0. The maximum atomic E-state index is 2.57. The smallest absolute Gasteiger partial charge is 0.252 e. The quantitative estimate of drug-likeness (QED) is 0.148. The Morgan fingerprint density at radius 3 is 1.22 bits per heavy atom. The van der Waals surface area contributed by atoms with Gasteiger partial charge >= 0.3 is 0 Å². The molecule has 2 nitrogen and oxygen atoms in total. The van der Waals surface area contributed by atoms with E-state index in [0.29, 0.717) is 0 Å². The van der Waals surface area contributed by atoms with Crippen LogP contribution in [0.2, 0.25) is 0 Å². The Kier molecular flexibility index (Phi) is 8.97. The first-order chi connectivity index (χ1) is 31.3. The van der Waals surface area contributed by atoms with E-state index in [-0.39, 0.29) is 6.71 Å². The molecule has 2 aliphatic rings. The minimum atomic E-state index is -0.0768. The largest absolute Gasteiger partial charge is 0.311 e. The predicted octanol–water partition coefficient (Wildman–Crippen LogP) is 14.1. The van der Waals surface area contributed by atoms with Gasteiger partial charge < -0.3 is 9.80 Å². The molecule has 2 aliphatic heterocycles. The molecule has 0 N–H and O–H groups in total. The molecule has 0 fully saturated rings. The van der Waals surface area contributed by atoms with Crippen molar-refractivity contribution in [2.45, 2.75) is 0 Å². The van der Waals surface area contributed by atoms with E-state index in [1.807, 2.05) is 0 Å². The van der Waals surface area contributed by atoms with Crippen LogP contribution in [0.5, 0.6) is 0 Å². The highest BCUT2D eigenvalue weighted by atomic mass is 15.2. The minimum Gasteiger partial charge on any atom is -0.311 e. The van der Waals surface area contributed by atoms with Gasteiger partial charge in [0.25, 0.3) is 6.71 Å². The van der Waals surface area contributed by atoms with E-state index in [0.717, 1.165) is 11.4 Å². The van der Waals surface area contributed by atoms with Crippen molar-refractivity contribution in [3.63, 3.8) is 0 Å². The molecule has 0 unspecified atom stereocenters. The van der Waals surface area contributed by atoms with E-state index in [1.54, 1.807) is 0 Å². The Hall–Kier alpha value is -8.14. The van der Waals surface area contributed by atoms with Gasteiger partial charge in [-0.1, -0.05) is 206 Å². The molecular weight excluding hydrogens is 759 g/mol. The standard InChI is InChI=1S/C60H41BN2/c1-6-20-42(21-7-1)47-30-16-32-50(38-47)62-55-37-19-34-52(45-26-12-4-13-27-45)58(55)61-54-36-18-35-53(46-28-14-5-15-29-46)60(54)63(51-33-17-31-48(39-51)43-22-8-2-9-23-43)57-41-49(40-56(62)59(57)61)44-24-10-3-11-25-44/h1-41H. The van der Waals surface area contributed by atoms with Crippen molar-refractivity contribution in [2.75, 3.05) is 9.80 Å². The SMILES string of the molecule is c1ccc(-c2cccc(N3c4cccc(-c5ccccc5)c4B4c5cccc(-c6ccccc6)c5N(c5cccc(-c6ccccc6)c5)c5cc(-c6ccccc6)cc3c54)c2)cc1. The normalized spacial score (nSPS) is 12.3. The zero-order valence-corrected chi connectivity index (χ0v) is 34.6. The third-order valence-corrected chi connectivity index (χ3v) is 12.8. The number of fused-ring (bicyclic) bond motifs is 4. The first-order valence-corrected chi connectivity index (χ1v) is 21.8. The molecule has 10 aromatic rings. The predicted molar refractivity (Wildman–Crippen MR) is 268 cm³/mol. The van der Waals surface area contributed by atoms with Gasteiger partial charge in [-0.2, -0.15) is 0 Å². The van der Waals surface area contributed by atoms with E-state index >= 15 is 0 Å². The second-order valence-electron chi connectivity index (χ2n) is 16.4. The summed E-state index contributed by atoms with van der Waals surface area (Å²) >= 11 is 0. The van der Waals surface area contributed by atoms with E-state index in [1.165, 1.54) is 94.8 Å². The molecule has 0 saturated heterocycles. The van der Waals surface area contributed by atoms with Gasteiger partial charge in [-0.15, -0.1) is 0 Å². The van der Waals surface area contributed by atoms with Crippen molar-refractivity contribution in [2.24, 2.45) is 0 Å². The van der Waals surface area contributed by atoms with E-state index in [2.05, 4.69) is 259 Å². The molecule has 0 saturated carbocycles. The fourth-order valence-electron chi connectivity index (χ4n) is 10.1. The molecule has 3 heteroatoms. The number of hydrogen-bond donors (Lipinski definition) is 0. The highest BCUT2D eigenvalue weighted by Gasteiger charge is 2.45.